The van der Waals surface area contributed by atoms with Crippen LogP contribution < -0.4 is 14.8 Å². The Morgan fingerprint density at radius 1 is 1.00 bits per heavy atom. The van der Waals surface area contributed by atoms with Gasteiger partial charge >= 0.3 is 5.97 Å². The van der Waals surface area contributed by atoms with Crippen molar-refractivity contribution in [1.82, 2.24) is 5.32 Å². The number of nitrogens with one attached hydrogen (secondary N) is 1. The maximum absolute atomic E-state index is 12.6. The van der Waals surface area contributed by atoms with Crippen molar-refractivity contribution in [2.24, 2.45) is 4.99 Å². The molecule has 0 bridgehead atoms. The fraction of sp³-hybridized carbons (Fsp3) is 0.292. The molecule has 1 heterocycles. The third kappa shape index (κ3) is 5.50. The van der Waals surface area contributed by atoms with Crippen LogP contribution in [0.2, 0.25) is 0 Å². The Morgan fingerprint density at radius 2 is 1.59 bits per heavy atom. The number of hydrogen-bond acceptors (Lipinski definition) is 8. The number of hydrogen-bond donors (Lipinski definition) is 1. The first-order chi connectivity index (χ1) is 15.5. The number of amidine groups is 1. The summed E-state index contributed by atoms with van der Waals surface area (Å²) in [7, 11) is 3.18. The predicted molar refractivity (Wildman–Crippen MR) is 125 cm³/mol. The molecular weight excluding hydrogens is 428 g/mol. The molecule has 3 rings (SSSR count). The van der Waals surface area contributed by atoms with Gasteiger partial charge in [-0.25, -0.2) is 9.79 Å². The molecule has 0 aliphatic carbocycles. The third-order valence-electron chi connectivity index (χ3n) is 4.90. The molecule has 0 radical (unpaired) electrons. The molecule has 0 spiro atoms. The lowest BCUT2D eigenvalue weighted by Crippen LogP contribution is -2.31. The number of rotatable bonds is 8. The van der Waals surface area contributed by atoms with E-state index in [9.17, 15) is 9.59 Å². The van der Waals surface area contributed by atoms with E-state index in [1.807, 2.05) is 31.2 Å². The van der Waals surface area contributed by atoms with Crippen LogP contribution >= 0.6 is 11.8 Å². The molecule has 1 atom stereocenters. The van der Waals surface area contributed by atoms with Gasteiger partial charge in [0.2, 0.25) is 0 Å². The Morgan fingerprint density at radius 3 is 2.16 bits per heavy atom. The smallest absolute Gasteiger partial charge is 0.338 e. The van der Waals surface area contributed by atoms with Gasteiger partial charge < -0.3 is 19.5 Å². The van der Waals surface area contributed by atoms with Crippen LogP contribution in [0.25, 0.3) is 0 Å². The summed E-state index contributed by atoms with van der Waals surface area (Å²) in [6.45, 7) is 3.84. The lowest BCUT2D eigenvalue weighted by atomic mass is 9.96. The summed E-state index contributed by atoms with van der Waals surface area (Å²) < 4.78 is 15.6. The van der Waals surface area contributed by atoms with Crippen molar-refractivity contribution >= 4 is 28.7 Å². The minimum absolute atomic E-state index is 0.0269. The molecule has 2 aromatic rings. The molecule has 8 heteroatoms. The SMILES string of the molecule is CCOC(=O)C1=C(C)NC(SCC(=O)c2ccc(OC)cc2)=N[C@H]1c1ccc(OC)cc1. The van der Waals surface area contributed by atoms with Crippen molar-refractivity contribution in [3.8, 4) is 11.5 Å². The number of aliphatic imine (C=N–C) groups is 1. The molecule has 0 amide bonds. The number of carbonyl (C=O) groups excluding carboxylic acids is 2. The van der Waals surface area contributed by atoms with Crippen molar-refractivity contribution < 1.29 is 23.8 Å². The molecule has 2 aromatic carbocycles. The summed E-state index contributed by atoms with van der Waals surface area (Å²) >= 11 is 1.29. The predicted octanol–water partition coefficient (Wildman–Crippen LogP) is 4.16. The second-order valence-corrected chi connectivity index (χ2v) is 7.90. The summed E-state index contributed by atoms with van der Waals surface area (Å²) in [5, 5.41) is 3.72. The van der Waals surface area contributed by atoms with Crippen molar-refractivity contribution in [2.75, 3.05) is 26.6 Å². The number of ketones is 1. The number of thioether (sulfide) groups is 1. The van der Waals surface area contributed by atoms with Crippen LogP contribution in [0.4, 0.5) is 0 Å². The standard InChI is InChI=1S/C24H26N2O5S/c1-5-31-23(28)21-15(2)25-24(26-22(21)17-8-12-19(30-4)13-9-17)32-14-20(27)16-6-10-18(29-3)11-7-16/h6-13,22H,5,14H2,1-4H3,(H,25,26)/t22-/m0/s1. The van der Waals surface area contributed by atoms with Crippen molar-refractivity contribution in [3.63, 3.8) is 0 Å². The van der Waals surface area contributed by atoms with Crippen LogP contribution in [-0.4, -0.2) is 43.5 Å². The van der Waals surface area contributed by atoms with Gasteiger partial charge in [0.1, 0.15) is 17.5 Å². The van der Waals surface area contributed by atoms with E-state index in [0.717, 1.165) is 5.56 Å². The first-order valence-corrected chi connectivity index (χ1v) is 11.1. The number of benzene rings is 2. The number of allylic oxidation sites excluding steroid dienone is 1. The maximum atomic E-state index is 12.6. The molecule has 168 valence electrons. The van der Waals surface area contributed by atoms with Crippen molar-refractivity contribution in [2.45, 2.75) is 19.9 Å². The van der Waals surface area contributed by atoms with Crippen LogP contribution in [-0.2, 0) is 9.53 Å². The Balaban J connectivity index is 1.81. The van der Waals surface area contributed by atoms with E-state index in [4.69, 9.17) is 19.2 Å². The number of methoxy groups -OCH3 is 2. The molecule has 0 unspecified atom stereocenters. The first-order valence-electron chi connectivity index (χ1n) is 10.1. The zero-order valence-corrected chi connectivity index (χ0v) is 19.3. The quantitative estimate of drug-likeness (QED) is 0.473. The zero-order chi connectivity index (χ0) is 23.1. The second kappa shape index (κ2) is 10.9. The van der Waals surface area contributed by atoms with Crippen LogP contribution in [0.1, 0.15) is 35.8 Å². The topological polar surface area (TPSA) is 86.2 Å². The molecule has 1 aliphatic heterocycles. The van der Waals surface area contributed by atoms with Crippen LogP contribution in [0, 0.1) is 0 Å². The highest BCUT2D eigenvalue weighted by molar-refractivity contribution is 8.14. The Bertz CT molecular complexity index is 1030. The van der Waals surface area contributed by atoms with Gasteiger partial charge in [-0.05, 0) is 55.8 Å². The van der Waals surface area contributed by atoms with Gasteiger partial charge in [-0.1, -0.05) is 23.9 Å². The van der Waals surface area contributed by atoms with Crippen LogP contribution in [0.5, 0.6) is 11.5 Å². The number of carbonyl (C=O) groups is 2. The summed E-state index contributed by atoms with van der Waals surface area (Å²) in [5.41, 5.74) is 2.52. The van der Waals surface area contributed by atoms with E-state index in [1.54, 1.807) is 45.4 Å². The van der Waals surface area contributed by atoms with Gasteiger partial charge in [-0.2, -0.15) is 0 Å². The molecule has 0 aromatic heterocycles. The maximum Gasteiger partial charge on any atom is 0.338 e. The monoisotopic (exact) mass is 454 g/mol. The Labute approximate surface area is 191 Å². The molecule has 0 saturated heterocycles. The second-order valence-electron chi connectivity index (χ2n) is 6.93. The van der Waals surface area contributed by atoms with Crippen molar-refractivity contribution in [3.05, 3.63) is 70.9 Å². The van der Waals surface area contributed by atoms with Crippen molar-refractivity contribution in [1.29, 1.82) is 0 Å². The van der Waals surface area contributed by atoms with E-state index in [0.29, 0.717) is 33.5 Å². The van der Waals surface area contributed by atoms with Gasteiger partial charge in [-0.3, -0.25) is 4.79 Å². The molecule has 0 saturated carbocycles. The average molecular weight is 455 g/mol. The van der Waals surface area contributed by atoms with Gasteiger partial charge in [0.15, 0.2) is 11.0 Å². The van der Waals surface area contributed by atoms with Gasteiger partial charge in [-0.15, -0.1) is 0 Å². The van der Waals surface area contributed by atoms with Gasteiger partial charge in [0, 0.05) is 11.3 Å². The van der Waals surface area contributed by atoms with E-state index in [-0.39, 0.29) is 18.1 Å². The highest BCUT2D eigenvalue weighted by Gasteiger charge is 2.30. The summed E-state index contributed by atoms with van der Waals surface area (Å²) in [4.78, 5) is 30.0. The minimum Gasteiger partial charge on any atom is -0.497 e. The average Bonchev–Trinajstić information content (AvgIpc) is 2.82. The van der Waals surface area contributed by atoms with E-state index < -0.39 is 12.0 Å². The lowest BCUT2D eigenvalue weighted by molar-refractivity contribution is -0.138. The number of nitrogens with zero attached hydrogens (tertiary/aromatic N) is 1. The normalized spacial score (nSPS) is 15.5. The largest absolute Gasteiger partial charge is 0.497 e. The summed E-state index contributed by atoms with van der Waals surface area (Å²) in [5.74, 6) is 1.17. The number of esters is 1. The summed E-state index contributed by atoms with van der Waals surface area (Å²) in [6, 6.07) is 13.8. The van der Waals surface area contributed by atoms with E-state index in [2.05, 4.69) is 5.32 Å². The number of ether oxygens (including phenoxy) is 3. The van der Waals surface area contributed by atoms with E-state index >= 15 is 0 Å². The molecule has 1 aliphatic rings. The molecular formula is C24H26N2O5S. The number of Topliss-reactive ketones (excluding diaryl/α,β-unsaturated/α-hetero) is 1. The van der Waals surface area contributed by atoms with E-state index in [1.165, 1.54) is 11.8 Å². The Hall–Kier alpha value is -3.26. The summed E-state index contributed by atoms with van der Waals surface area (Å²) in [6.07, 6.45) is 0. The Kier molecular flexibility index (Phi) is 7.94. The molecule has 0 fully saturated rings. The molecule has 32 heavy (non-hydrogen) atoms. The highest BCUT2D eigenvalue weighted by atomic mass is 32.2. The fourth-order valence-corrected chi connectivity index (χ4v) is 4.06. The lowest BCUT2D eigenvalue weighted by Gasteiger charge is -2.25. The zero-order valence-electron chi connectivity index (χ0n) is 18.5. The minimum atomic E-state index is -0.542. The first kappa shape index (κ1) is 23.4. The third-order valence-corrected chi connectivity index (χ3v) is 5.78. The van der Waals surface area contributed by atoms with Crippen LogP contribution in [0.3, 0.4) is 0 Å². The van der Waals surface area contributed by atoms with Crippen LogP contribution in [0.15, 0.2) is 64.8 Å². The van der Waals surface area contributed by atoms with Gasteiger partial charge in [0.25, 0.3) is 0 Å². The molecule has 1 N–H and O–H groups in total. The van der Waals surface area contributed by atoms with Gasteiger partial charge in [0.05, 0.1) is 32.2 Å². The molecule has 7 nitrogen and oxygen atoms in total. The fourth-order valence-electron chi connectivity index (χ4n) is 3.22. The highest BCUT2D eigenvalue weighted by Crippen LogP contribution is 2.33.